The summed E-state index contributed by atoms with van der Waals surface area (Å²) in [6.45, 7) is 0. The second kappa shape index (κ2) is 12.2. The highest BCUT2D eigenvalue weighted by Crippen LogP contribution is 2.45. The maximum Gasteiger partial charge on any atom is 0.143 e. The zero-order valence-electron chi connectivity index (χ0n) is 29.4. The Labute approximate surface area is 312 Å². The van der Waals surface area contributed by atoms with E-state index in [9.17, 15) is 0 Å². The highest BCUT2D eigenvalue weighted by atomic mass is 16.3. The van der Waals surface area contributed by atoms with Crippen LogP contribution in [-0.4, -0.2) is 0 Å². The van der Waals surface area contributed by atoms with Crippen LogP contribution in [0.1, 0.15) is 0 Å². The molecule has 0 N–H and O–H groups in total. The summed E-state index contributed by atoms with van der Waals surface area (Å²) < 4.78 is 6.64. The third kappa shape index (κ3) is 4.88. The van der Waals surface area contributed by atoms with E-state index in [1.807, 2.05) is 0 Å². The molecule has 11 aromatic rings. The molecule has 1 heterocycles. The van der Waals surface area contributed by atoms with Crippen LogP contribution < -0.4 is 4.90 Å². The Balaban J connectivity index is 1.05. The molecule has 0 unspecified atom stereocenters. The third-order valence-corrected chi connectivity index (χ3v) is 11.0. The van der Waals surface area contributed by atoms with Crippen molar-refractivity contribution in [2.75, 3.05) is 4.90 Å². The van der Waals surface area contributed by atoms with E-state index in [0.29, 0.717) is 0 Å². The van der Waals surface area contributed by atoms with Gasteiger partial charge in [0.2, 0.25) is 0 Å². The third-order valence-electron chi connectivity index (χ3n) is 11.0. The molecule has 252 valence electrons. The van der Waals surface area contributed by atoms with Gasteiger partial charge >= 0.3 is 0 Å². The van der Waals surface area contributed by atoms with Gasteiger partial charge < -0.3 is 9.32 Å². The fraction of sp³-hybridized carbons (Fsp3) is 0. The summed E-state index contributed by atoms with van der Waals surface area (Å²) in [6.07, 6.45) is 0. The number of fused-ring (bicyclic) bond motifs is 10. The average molecular weight is 688 g/mol. The molecule has 0 saturated heterocycles. The number of rotatable bonds is 5. The van der Waals surface area contributed by atoms with E-state index in [1.54, 1.807) is 0 Å². The van der Waals surface area contributed by atoms with Gasteiger partial charge in [0.05, 0.1) is 11.1 Å². The molecule has 0 aliphatic heterocycles. The van der Waals surface area contributed by atoms with E-state index in [1.165, 1.54) is 60.0 Å². The fourth-order valence-electron chi connectivity index (χ4n) is 8.40. The molecule has 11 rings (SSSR count). The average Bonchev–Trinajstić information content (AvgIpc) is 3.64. The van der Waals surface area contributed by atoms with Crippen molar-refractivity contribution >= 4 is 82.1 Å². The molecule has 0 atom stereocenters. The number of benzene rings is 10. The van der Waals surface area contributed by atoms with Gasteiger partial charge in [-0.1, -0.05) is 152 Å². The first kappa shape index (κ1) is 30.5. The van der Waals surface area contributed by atoms with Gasteiger partial charge in [0.15, 0.2) is 0 Å². The highest BCUT2D eigenvalue weighted by Gasteiger charge is 2.20. The van der Waals surface area contributed by atoms with Crippen LogP contribution in [0.25, 0.3) is 87.3 Å². The molecule has 10 aromatic carbocycles. The first-order valence-corrected chi connectivity index (χ1v) is 18.5. The van der Waals surface area contributed by atoms with Gasteiger partial charge in [-0.3, -0.25) is 0 Å². The van der Waals surface area contributed by atoms with Crippen LogP contribution in [0, 0.1) is 0 Å². The van der Waals surface area contributed by atoms with Crippen LogP contribution in [0.4, 0.5) is 17.1 Å². The predicted octanol–water partition coefficient (Wildman–Crippen LogP) is 15.0. The molecule has 2 nitrogen and oxygen atoms in total. The van der Waals surface area contributed by atoms with Crippen molar-refractivity contribution in [1.29, 1.82) is 0 Å². The molecular weight excluding hydrogens is 655 g/mol. The Hall–Kier alpha value is -7.16. The summed E-state index contributed by atoms with van der Waals surface area (Å²) in [4.78, 5) is 2.36. The van der Waals surface area contributed by atoms with Crippen molar-refractivity contribution in [2.24, 2.45) is 0 Å². The predicted molar refractivity (Wildman–Crippen MR) is 229 cm³/mol. The van der Waals surface area contributed by atoms with Crippen LogP contribution in [0.2, 0.25) is 0 Å². The molecule has 2 heteroatoms. The number of hydrogen-bond donors (Lipinski definition) is 0. The molecule has 0 aliphatic carbocycles. The summed E-state index contributed by atoms with van der Waals surface area (Å²) >= 11 is 0. The molecule has 0 aliphatic rings. The molecular formula is C52H33NO. The van der Waals surface area contributed by atoms with Crippen LogP contribution >= 0.6 is 0 Å². The topological polar surface area (TPSA) is 16.4 Å². The molecule has 54 heavy (non-hydrogen) atoms. The lowest BCUT2D eigenvalue weighted by molar-refractivity contribution is 0.672. The van der Waals surface area contributed by atoms with Gasteiger partial charge in [0, 0.05) is 22.1 Å². The Morgan fingerprint density at radius 1 is 0.315 bits per heavy atom. The van der Waals surface area contributed by atoms with Gasteiger partial charge in [0.1, 0.15) is 11.2 Å². The minimum absolute atomic E-state index is 0.873. The normalized spacial score (nSPS) is 11.7. The second-order valence-electron chi connectivity index (χ2n) is 14.1. The van der Waals surface area contributed by atoms with Crippen molar-refractivity contribution in [3.05, 3.63) is 200 Å². The fourth-order valence-corrected chi connectivity index (χ4v) is 8.40. The molecule has 0 fully saturated rings. The SMILES string of the molecule is c1ccc(-c2ccc(N(c3ccc(-c4ccc5c(ccc6ccc7ccccc7c65)c4)cc3)c3cccc4oc5c6ccccc6ccc5c34)cc2)cc1. The first-order valence-electron chi connectivity index (χ1n) is 18.5. The summed E-state index contributed by atoms with van der Waals surface area (Å²) in [5.41, 5.74) is 9.78. The summed E-state index contributed by atoms with van der Waals surface area (Å²) in [7, 11) is 0. The Morgan fingerprint density at radius 2 is 0.852 bits per heavy atom. The van der Waals surface area contributed by atoms with E-state index in [0.717, 1.165) is 44.4 Å². The van der Waals surface area contributed by atoms with Crippen molar-refractivity contribution in [3.63, 3.8) is 0 Å². The zero-order chi connectivity index (χ0) is 35.6. The minimum Gasteiger partial charge on any atom is -0.455 e. The zero-order valence-corrected chi connectivity index (χ0v) is 29.4. The minimum atomic E-state index is 0.873. The molecule has 0 radical (unpaired) electrons. The van der Waals surface area contributed by atoms with E-state index in [2.05, 4.69) is 205 Å². The second-order valence-corrected chi connectivity index (χ2v) is 14.1. The van der Waals surface area contributed by atoms with Gasteiger partial charge in [-0.15, -0.1) is 0 Å². The summed E-state index contributed by atoms with van der Waals surface area (Å²) in [5.74, 6) is 0. The van der Waals surface area contributed by atoms with Gasteiger partial charge in [-0.05, 0) is 108 Å². The number of nitrogens with zero attached hydrogens (tertiary/aromatic N) is 1. The molecule has 0 amide bonds. The lowest BCUT2D eigenvalue weighted by Crippen LogP contribution is -2.10. The van der Waals surface area contributed by atoms with Gasteiger partial charge in [0.25, 0.3) is 0 Å². The largest absolute Gasteiger partial charge is 0.455 e. The maximum absolute atomic E-state index is 6.64. The molecule has 0 saturated carbocycles. The van der Waals surface area contributed by atoms with Crippen molar-refractivity contribution in [3.8, 4) is 22.3 Å². The Bertz CT molecular complexity index is 3190. The van der Waals surface area contributed by atoms with Crippen molar-refractivity contribution in [2.45, 2.75) is 0 Å². The number of furan rings is 1. The van der Waals surface area contributed by atoms with Crippen molar-refractivity contribution < 1.29 is 4.42 Å². The number of hydrogen-bond acceptors (Lipinski definition) is 2. The standard InChI is InChI=1S/C52H33NO/c1-2-9-34(10-3-1)35-21-27-42(28-22-35)53(48-15-8-16-49-51(48)47-32-25-38-12-5-7-14-46(38)52(47)54-49)43-29-23-36(24-30-43)40-26-31-45-41(33-40)20-19-39-18-17-37-11-4-6-13-44(37)50(39)45/h1-33H. The van der Waals surface area contributed by atoms with E-state index >= 15 is 0 Å². The molecule has 0 spiro atoms. The molecule has 1 aromatic heterocycles. The summed E-state index contributed by atoms with van der Waals surface area (Å²) in [6, 6.07) is 72.2. The smallest absolute Gasteiger partial charge is 0.143 e. The first-order chi connectivity index (χ1) is 26.8. The molecule has 0 bridgehead atoms. The number of anilines is 3. The van der Waals surface area contributed by atoms with Crippen molar-refractivity contribution in [1.82, 2.24) is 0 Å². The van der Waals surface area contributed by atoms with E-state index < -0.39 is 0 Å². The van der Waals surface area contributed by atoms with Gasteiger partial charge in [-0.2, -0.15) is 0 Å². The van der Waals surface area contributed by atoms with Crippen LogP contribution in [-0.2, 0) is 0 Å². The lowest BCUT2D eigenvalue weighted by atomic mass is 9.94. The maximum atomic E-state index is 6.64. The van der Waals surface area contributed by atoms with Crippen LogP contribution in [0.5, 0.6) is 0 Å². The summed E-state index contributed by atoms with van der Waals surface area (Å²) in [5, 5.41) is 12.2. The quantitative estimate of drug-likeness (QED) is 0.168. The van der Waals surface area contributed by atoms with E-state index in [-0.39, 0.29) is 0 Å². The Morgan fingerprint density at radius 3 is 1.61 bits per heavy atom. The van der Waals surface area contributed by atoms with Crippen LogP contribution in [0.3, 0.4) is 0 Å². The lowest BCUT2D eigenvalue weighted by Gasteiger charge is -2.26. The van der Waals surface area contributed by atoms with Gasteiger partial charge in [-0.25, -0.2) is 0 Å². The Kier molecular flexibility index (Phi) is 6.90. The van der Waals surface area contributed by atoms with Crippen LogP contribution in [0.15, 0.2) is 205 Å². The highest BCUT2D eigenvalue weighted by molar-refractivity contribution is 6.21. The van der Waals surface area contributed by atoms with E-state index in [4.69, 9.17) is 4.42 Å². The monoisotopic (exact) mass is 687 g/mol.